The molecular formula is C41H56O4. The Kier molecular flexibility index (Phi) is 16.7. The van der Waals surface area contributed by atoms with Crippen LogP contribution in [0, 0.1) is 5.41 Å². The summed E-state index contributed by atoms with van der Waals surface area (Å²) >= 11 is 0. The van der Waals surface area contributed by atoms with Gasteiger partial charge in [-0.3, -0.25) is 4.79 Å². The molecule has 2 unspecified atom stereocenters. The molecule has 0 saturated carbocycles. The summed E-state index contributed by atoms with van der Waals surface area (Å²) in [6.07, 6.45) is 33.7. The minimum Gasteiger partial charge on any atom is -0.387 e. The molecule has 0 fully saturated rings. The number of methoxy groups -OCH3 is 1. The van der Waals surface area contributed by atoms with Gasteiger partial charge in [-0.25, -0.2) is 0 Å². The molecule has 45 heavy (non-hydrogen) atoms. The van der Waals surface area contributed by atoms with Crippen LogP contribution in [0.15, 0.2) is 142 Å². The van der Waals surface area contributed by atoms with E-state index in [1.54, 1.807) is 27.9 Å². The summed E-state index contributed by atoms with van der Waals surface area (Å²) in [5.74, 6) is -0.170. The summed E-state index contributed by atoms with van der Waals surface area (Å²) in [6.45, 7) is 19.6. The largest absolute Gasteiger partial charge is 0.387 e. The van der Waals surface area contributed by atoms with Crippen LogP contribution in [0.5, 0.6) is 0 Å². The fraction of sp³-hybridized carbons (Fsp3) is 0.390. The standard InChI is InChI=1S/C41H56O4/c1-30(19-14-21-32(3)22-16-24-34(5)26-28-38(45-11)41(9,10)44)17-12-13-18-31(2)20-15-23-33(4)25-27-36-35(6)39(43)37(42)29-40(36,7)8/h12-28,37-38,42,44H,29H2,1-11H3. The van der Waals surface area contributed by atoms with E-state index in [1.165, 1.54) is 0 Å². The minimum atomic E-state index is -0.929. The molecule has 0 aromatic carbocycles. The van der Waals surface area contributed by atoms with Gasteiger partial charge >= 0.3 is 0 Å². The predicted octanol–water partition coefficient (Wildman–Crippen LogP) is 9.52. The van der Waals surface area contributed by atoms with E-state index in [0.29, 0.717) is 12.0 Å². The molecule has 0 amide bonds. The van der Waals surface area contributed by atoms with E-state index < -0.39 is 11.7 Å². The lowest BCUT2D eigenvalue weighted by Gasteiger charge is -2.34. The number of Topliss-reactive ketones (excluding diaryl/α,β-unsaturated/α-hetero) is 1. The van der Waals surface area contributed by atoms with Crippen molar-refractivity contribution in [1.82, 2.24) is 0 Å². The van der Waals surface area contributed by atoms with Crippen molar-refractivity contribution < 1.29 is 19.7 Å². The molecule has 1 aliphatic rings. The SMILES string of the molecule is COC(C=CC(C)=CC=CC(C)=CC=CC(C)=CC=CC=C(C)C=CC=C(C)C=CC1=C(C)C(=O)C(O)CC1(C)C)C(C)(C)O. The molecule has 0 spiro atoms. The van der Waals surface area contributed by atoms with E-state index in [4.69, 9.17) is 4.74 Å². The van der Waals surface area contributed by atoms with Crippen molar-refractivity contribution >= 4 is 5.78 Å². The van der Waals surface area contributed by atoms with Gasteiger partial charge in [-0.1, -0.05) is 145 Å². The van der Waals surface area contributed by atoms with Crippen LogP contribution < -0.4 is 0 Å². The Bertz CT molecular complexity index is 1380. The fourth-order valence-corrected chi connectivity index (χ4v) is 4.73. The van der Waals surface area contributed by atoms with Crippen molar-refractivity contribution in [3.05, 3.63) is 142 Å². The number of ether oxygens (including phenoxy) is 1. The van der Waals surface area contributed by atoms with Gasteiger partial charge in [-0.15, -0.1) is 0 Å². The van der Waals surface area contributed by atoms with Crippen LogP contribution in [0.2, 0.25) is 0 Å². The summed E-state index contributed by atoms with van der Waals surface area (Å²) in [5, 5.41) is 20.1. The van der Waals surface area contributed by atoms with Gasteiger partial charge in [0, 0.05) is 7.11 Å². The van der Waals surface area contributed by atoms with Crippen molar-refractivity contribution in [2.24, 2.45) is 5.41 Å². The number of rotatable bonds is 14. The Morgan fingerprint density at radius 1 is 0.778 bits per heavy atom. The maximum absolute atomic E-state index is 12.2. The minimum absolute atomic E-state index is 0.170. The summed E-state index contributed by atoms with van der Waals surface area (Å²) < 4.78 is 5.34. The summed E-state index contributed by atoms with van der Waals surface area (Å²) in [5.41, 5.74) is 6.04. The summed E-state index contributed by atoms with van der Waals surface area (Å²) in [4.78, 5) is 12.2. The van der Waals surface area contributed by atoms with E-state index in [2.05, 4.69) is 71.1 Å². The fourth-order valence-electron chi connectivity index (χ4n) is 4.73. The molecule has 1 aliphatic carbocycles. The molecule has 2 N–H and O–H groups in total. The van der Waals surface area contributed by atoms with Crippen molar-refractivity contribution in [3.63, 3.8) is 0 Å². The zero-order valence-corrected chi connectivity index (χ0v) is 29.4. The Balaban J connectivity index is 2.68. The van der Waals surface area contributed by atoms with Crippen LogP contribution in [0.25, 0.3) is 0 Å². The number of carbonyl (C=O) groups is 1. The van der Waals surface area contributed by atoms with Gasteiger partial charge in [-0.05, 0) is 78.4 Å². The second-order valence-corrected chi connectivity index (χ2v) is 13.0. The molecule has 244 valence electrons. The average Bonchev–Trinajstić information content (AvgIpc) is 2.93. The second kappa shape index (κ2) is 19.1. The molecule has 4 nitrogen and oxygen atoms in total. The van der Waals surface area contributed by atoms with Gasteiger partial charge in [0.15, 0.2) is 5.78 Å². The van der Waals surface area contributed by atoms with Gasteiger partial charge in [-0.2, -0.15) is 0 Å². The van der Waals surface area contributed by atoms with Crippen molar-refractivity contribution in [3.8, 4) is 0 Å². The lowest BCUT2D eigenvalue weighted by molar-refractivity contribution is -0.125. The van der Waals surface area contributed by atoms with E-state index in [1.807, 2.05) is 80.7 Å². The first kappa shape index (κ1) is 39.5. The molecule has 2 atom stereocenters. The maximum Gasteiger partial charge on any atom is 0.187 e. The van der Waals surface area contributed by atoms with Gasteiger partial charge in [0.05, 0.1) is 5.60 Å². The van der Waals surface area contributed by atoms with Crippen molar-refractivity contribution in [1.29, 1.82) is 0 Å². The molecular weight excluding hydrogens is 556 g/mol. The zero-order valence-electron chi connectivity index (χ0n) is 29.4. The van der Waals surface area contributed by atoms with Gasteiger partial charge in [0.1, 0.15) is 12.2 Å². The van der Waals surface area contributed by atoms with E-state index in [9.17, 15) is 15.0 Å². The van der Waals surface area contributed by atoms with E-state index in [-0.39, 0.29) is 17.3 Å². The monoisotopic (exact) mass is 612 g/mol. The van der Waals surface area contributed by atoms with Crippen LogP contribution in [0.3, 0.4) is 0 Å². The number of hydrogen-bond acceptors (Lipinski definition) is 4. The third-order valence-electron chi connectivity index (χ3n) is 7.49. The zero-order chi connectivity index (χ0) is 34.2. The Labute approximate surface area is 273 Å². The summed E-state index contributed by atoms with van der Waals surface area (Å²) in [7, 11) is 1.60. The molecule has 0 aromatic rings. The average molecular weight is 613 g/mol. The first-order valence-corrected chi connectivity index (χ1v) is 15.6. The van der Waals surface area contributed by atoms with Gasteiger partial charge < -0.3 is 14.9 Å². The van der Waals surface area contributed by atoms with Crippen molar-refractivity contribution in [2.75, 3.05) is 7.11 Å². The van der Waals surface area contributed by atoms with Crippen molar-refractivity contribution in [2.45, 2.75) is 93.5 Å². The molecule has 0 bridgehead atoms. The molecule has 0 aliphatic heterocycles. The number of aliphatic hydroxyl groups excluding tert-OH is 1. The number of carbonyl (C=O) groups excluding carboxylic acids is 1. The van der Waals surface area contributed by atoms with Crippen LogP contribution in [0.1, 0.15) is 75.7 Å². The molecule has 0 saturated heterocycles. The third-order valence-corrected chi connectivity index (χ3v) is 7.49. The lowest BCUT2D eigenvalue weighted by atomic mass is 9.71. The highest BCUT2D eigenvalue weighted by Crippen LogP contribution is 2.39. The molecule has 0 aromatic heterocycles. The maximum atomic E-state index is 12.2. The molecule has 4 heteroatoms. The Morgan fingerprint density at radius 3 is 1.60 bits per heavy atom. The third kappa shape index (κ3) is 15.3. The number of aliphatic hydroxyl groups is 2. The number of hydrogen-bond donors (Lipinski definition) is 2. The first-order chi connectivity index (χ1) is 21.0. The Hall–Kier alpha value is -3.57. The van der Waals surface area contributed by atoms with Crippen LogP contribution in [-0.4, -0.2) is 40.9 Å². The van der Waals surface area contributed by atoms with Gasteiger partial charge in [0.25, 0.3) is 0 Å². The quantitative estimate of drug-likeness (QED) is 0.192. The van der Waals surface area contributed by atoms with E-state index in [0.717, 1.165) is 33.4 Å². The first-order valence-electron chi connectivity index (χ1n) is 15.6. The Morgan fingerprint density at radius 2 is 1.18 bits per heavy atom. The molecule has 0 heterocycles. The molecule has 1 rings (SSSR count). The highest BCUT2D eigenvalue weighted by molar-refractivity contribution is 6.00. The molecule has 0 radical (unpaired) electrons. The second-order valence-electron chi connectivity index (χ2n) is 13.0. The van der Waals surface area contributed by atoms with Crippen LogP contribution >= 0.6 is 0 Å². The highest BCUT2D eigenvalue weighted by Gasteiger charge is 2.36. The van der Waals surface area contributed by atoms with Crippen LogP contribution in [0.4, 0.5) is 0 Å². The van der Waals surface area contributed by atoms with Gasteiger partial charge in [0.2, 0.25) is 0 Å². The normalized spacial score (nSPS) is 21.0. The summed E-state index contributed by atoms with van der Waals surface area (Å²) in [6, 6.07) is 0. The van der Waals surface area contributed by atoms with E-state index >= 15 is 0 Å². The number of allylic oxidation sites excluding steroid dienone is 22. The smallest absolute Gasteiger partial charge is 0.187 e. The topological polar surface area (TPSA) is 66.8 Å². The van der Waals surface area contributed by atoms with Crippen LogP contribution in [-0.2, 0) is 9.53 Å². The predicted molar refractivity (Wildman–Crippen MR) is 193 cm³/mol. The number of ketones is 1. The highest BCUT2D eigenvalue weighted by atomic mass is 16.5. The lowest BCUT2D eigenvalue weighted by Crippen LogP contribution is -2.35.